The Morgan fingerprint density at radius 2 is 1.88 bits per heavy atom. The molecule has 1 aromatic rings. The van der Waals surface area contributed by atoms with Crippen molar-refractivity contribution < 1.29 is 8.42 Å². The fourth-order valence-corrected chi connectivity index (χ4v) is 3.45. The van der Waals surface area contributed by atoms with Gasteiger partial charge in [-0.2, -0.15) is 9.40 Å². The third-order valence-corrected chi connectivity index (χ3v) is 4.91. The Kier molecular flexibility index (Phi) is 3.53. The Morgan fingerprint density at radius 1 is 1.24 bits per heavy atom. The van der Waals surface area contributed by atoms with E-state index in [-0.39, 0.29) is 6.04 Å². The molecule has 0 spiro atoms. The highest BCUT2D eigenvalue weighted by atomic mass is 32.2. The maximum atomic E-state index is 12.3. The minimum absolute atomic E-state index is 0.181. The van der Waals surface area contributed by atoms with Crippen LogP contribution in [0.3, 0.4) is 0 Å². The maximum absolute atomic E-state index is 12.3. The molecule has 0 atom stereocenters. The molecule has 1 aliphatic rings. The number of rotatable bonds is 3. The van der Waals surface area contributed by atoms with E-state index in [0.29, 0.717) is 18.0 Å². The summed E-state index contributed by atoms with van der Waals surface area (Å²) in [4.78, 5) is 0.313. The first-order chi connectivity index (χ1) is 8.01. The number of hydrogen-bond donors (Lipinski definition) is 0. The molecule has 0 unspecified atom stereocenters. The molecule has 1 aliphatic heterocycles. The van der Waals surface area contributed by atoms with Crippen molar-refractivity contribution in [1.82, 2.24) is 14.1 Å². The van der Waals surface area contributed by atoms with Gasteiger partial charge in [0.05, 0.1) is 6.20 Å². The average molecular weight is 257 g/mol. The van der Waals surface area contributed by atoms with E-state index >= 15 is 0 Å². The molecular weight excluding hydrogens is 238 g/mol. The van der Waals surface area contributed by atoms with Crippen LogP contribution in [0.4, 0.5) is 0 Å². The summed E-state index contributed by atoms with van der Waals surface area (Å²) in [5, 5.41) is 4.09. The summed E-state index contributed by atoms with van der Waals surface area (Å²) in [6.07, 6.45) is 6.10. The van der Waals surface area contributed by atoms with Crippen LogP contribution in [-0.4, -0.2) is 35.6 Å². The van der Waals surface area contributed by atoms with Gasteiger partial charge in [0.1, 0.15) is 4.90 Å². The van der Waals surface area contributed by atoms with Crippen LogP contribution in [0.25, 0.3) is 0 Å². The number of hydrogen-bond acceptors (Lipinski definition) is 3. The van der Waals surface area contributed by atoms with Gasteiger partial charge in [-0.3, -0.25) is 4.68 Å². The van der Waals surface area contributed by atoms with E-state index in [9.17, 15) is 8.42 Å². The molecule has 2 heterocycles. The lowest BCUT2D eigenvalue weighted by molar-refractivity contribution is 0.346. The Morgan fingerprint density at radius 3 is 2.41 bits per heavy atom. The third-order valence-electron chi connectivity index (χ3n) is 3.06. The lowest BCUT2D eigenvalue weighted by atomic mass is 10.2. The SMILES string of the molecule is CC(C)n1cc(S(=O)(=O)N2CCCCC2)cn1. The van der Waals surface area contributed by atoms with Crippen molar-refractivity contribution in [3.8, 4) is 0 Å². The molecule has 5 nitrogen and oxygen atoms in total. The van der Waals surface area contributed by atoms with Crippen LogP contribution in [0.1, 0.15) is 39.2 Å². The monoisotopic (exact) mass is 257 g/mol. The second kappa shape index (κ2) is 4.78. The van der Waals surface area contributed by atoms with E-state index in [1.54, 1.807) is 15.2 Å². The summed E-state index contributed by atoms with van der Waals surface area (Å²) in [6.45, 7) is 5.22. The van der Waals surface area contributed by atoms with Crippen LogP contribution in [0, 0.1) is 0 Å². The van der Waals surface area contributed by atoms with Crippen LogP contribution in [-0.2, 0) is 10.0 Å². The fourth-order valence-electron chi connectivity index (χ4n) is 1.99. The van der Waals surface area contributed by atoms with Crippen molar-refractivity contribution in [2.45, 2.75) is 44.0 Å². The molecule has 2 rings (SSSR count). The first kappa shape index (κ1) is 12.6. The van der Waals surface area contributed by atoms with Gasteiger partial charge >= 0.3 is 0 Å². The number of aromatic nitrogens is 2. The summed E-state index contributed by atoms with van der Waals surface area (Å²) < 4.78 is 27.8. The van der Waals surface area contributed by atoms with Gasteiger partial charge in [-0.1, -0.05) is 6.42 Å². The van der Waals surface area contributed by atoms with E-state index in [1.807, 2.05) is 13.8 Å². The van der Waals surface area contributed by atoms with Crippen LogP contribution in [0.5, 0.6) is 0 Å². The summed E-state index contributed by atoms with van der Waals surface area (Å²) >= 11 is 0. The summed E-state index contributed by atoms with van der Waals surface area (Å²) in [7, 11) is -3.32. The average Bonchev–Trinajstić information content (AvgIpc) is 2.80. The molecule has 1 saturated heterocycles. The maximum Gasteiger partial charge on any atom is 0.246 e. The standard InChI is InChI=1S/C11H19N3O2S/c1-10(2)14-9-11(8-12-14)17(15,16)13-6-4-3-5-7-13/h8-10H,3-7H2,1-2H3. The van der Waals surface area contributed by atoms with Crippen molar-refractivity contribution in [2.24, 2.45) is 0 Å². The molecule has 0 bridgehead atoms. The molecule has 96 valence electrons. The highest BCUT2D eigenvalue weighted by Gasteiger charge is 2.27. The minimum Gasteiger partial charge on any atom is -0.269 e. The fraction of sp³-hybridized carbons (Fsp3) is 0.727. The minimum atomic E-state index is -3.32. The first-order valence-electron chi connectivity index (χ1n) is 6.06. The quantitative estimate of drug-likeness (QED) is 0.827. The Bertz CT molecular complexity index is 473. The second-order valence-corrected chi connectivity index (χ2v) is 6.65. The largest absolute Gasteiger partial charge is 0.269 e. The zero-order valence-corrected chi connectivity index (χ0v) is 11.2. The molecule has 17 heavy (non-hydrogen) atoms. The molecule has 1 aromatic heterocycles. The summed E-state index contributed by atoms with van der Waals surface area (Å²) in [5.74, 6) is 0. The van der Waals surface area contributed by atoms with Gasteiger partial charge in [-0.15, -0.1) is 0 Å². The Labute approximate surface area is 102 Å². The molecule has 6 heteroatoms. The molecule has 0 radical (unpaired) electrons. The van der Waals surface area contributed by atoms with Crippen molar-refractivity contribution in [3.05, 3.63) is 12.4 Å². The van der Waals surface area contributed by atoms with Gasteiger partial charge in [0.15, 0.2) is 0 Å². The summed E-state index contributed by atoms with van der Waals surface area (Å²) in [5.41, 5.74) is 0. The molecule has 0 saturated carbocycles. The van der Waals surface area contributed by atoms with Crippen LogP contribution in [0.15, 0.2) is 17.3 Å². The molecular formula is C11H19N3O2S. The van der Waals surface area contributed by atoms with Crippen LogP contribution >= 0.6 is 0 Å². The zero-order valence-electron chi connectivity index (χ0n) is 10.3. The van der Waals surface area contributed by atoms with E-state index in [1.165, 1.54) is 6.20 Å². The topological polar surface area (TPSA) is 55.2 Å². The van der Waals surface area contributed by atoms with Crippen molar-refractivity contribution in [2.75, 3.05) is 13.1 Å². The van der Waals surface area contributed by atoms with E-state index in [4.69, 9.17) is 0 Å². The number of piperidine rings is 1. The van der Waals surface area contributed by atoms with Gasteiger partial charge in [0, 0.05) is 25.3 Å². The van der Waals surface area contributed by atoms with E-state index < -0.39 is 10.0 Å². The van der Waals surface area contributed by atoms with Gasteiger partial charge in [0.2, 0.25) is 10.0 Å². The van der Waals surface area contributed by atoms with Crippen molar-refractivity contribution in [1.29, 1.82) is 0 Å². The van der Waals surface area contributed by atoms with E-state index in [0.717, 1.165) is 19.3 Å². The second-order valence-electron chi connectivity index (χ2n) is 4.71. The number of sulfonamides is 1. The van der Waals surface area contributed by atoms with Crippen molar-refractivity contribution in [3.63, 3.8) is 0 Å². The van der Waals surface area contributed by atoms with Gasteiger partial charge < -0.3 is 0 Å². The molecule has 1 fully saturated rings. The number of nitrogens with zero attached hydrogens (tertiary/aromatic N) is 3. The van der Waals surface area contributed by atoms with Gasteiger partial charge in [0.25, 0.3) is 0 Å². The molecule has 0 aliphatic carbocycles. The highest BCUT2D eigenvalue weighted by molar-refractivity contribution is 7.89. The summed E-state index contributed by atoms with van der Waals surface area (Å²) in [6, 6.07) is 0.181. The van der Waals surface area contributed by atoms with Gasteiger partial charge in [-0.25, -0.2) is 8.42 Å². The molecule has 0 aromatic carbocycles. The molecule has 0 amide bonds. The van der Waals surface area contributed by atoms with Crippen LogP contribution < -0.4 is 0 Å². The van der Waals surface area contributed by atoms with Crippen LogP contribution in [0.2, 0.25) is 0 Å². The molecule has 0 N–H and O–H groups in total. The van der Waals surface area contributed by atoms with E-state index in [2.05, 4.69) is 5.10 Å². The Hall–Kier alpha value is -0.880. The third kappa shape index (κ3) is 2.52. The lowest BCUT2D eigenvalue weighted by Gasteiger charge is -2.25. The smallest absolute Gasteiger partial charge is 0.246 e. The zero-order chi connectivity index (χ0) is 12.5. The Balaban J connectivity index is 2.24. The predicted molar refractivity (Wildman–Crippen MR) is 65.2 cm³/mol. The van der Waals surface area contributed by atoms with Gasteiger partial charge in [-0.05, 0) is 26.7 Å². The normalized spacial score (nSPS) is 18.8. The predicted octanol–water partition coefficient (Wildman–Crippen LogP) is 1.64. The lowest BCUT2D eigenvalue weighted by Crippen LogP contribution is -2.35. The first-order valence-corrected chi connectivity index (χ1v) is 7.50. The van der Waals surface area contributed by atoms with Crippen molar-refractivity contribution >= 4 is 10.0 Å². The highest BCUT2D eigenvalue weighted by Crippen LogP contribution is 2.20.